The molecule has 1 fully saturated rings. The van der Waals surface area contributed by atoms with Crippen molar-refractivity contribution in [3.05, 3.63) is 54.1 Å². The molecule has 2 heterocycles. The molecule has 0 aliphatic carbocycles. The van der Waals surface area contributed by atoms with Gasteiger partial charge in [-0.05, 0) is 43.2 Å². The van der Waals surface area contributed by atoms with E-state index in [0.717, 1.165) is 18.5 Å². The van der Waals surface area contributed by atoms with E-state index in [-0.39, 0.29) is 5.91 Å². The second kappa shape index (κ2) is 7.99. The minimum Gasteiger partial charge on any atom is -0.351 e. The number of nitrogens with two attached hydrogens (primary N) is 1. The monoisotopic (exact) mass is 390 g/mol. The second-order valence-corrected chi connectivity index (χ2v) is 7.38. The van der Waals surface area contributed by atoms with Crippen molar-refractivity contribution < 1.29 is 9.59 Å². The molecule has 2 aromatic carbocycles. The third kappa shape index (κ3) is 3.70. The van der Waals surface area contributed by atoms with Crippen LogP contribution in [0.15, 0.2) is 48.5 Å². The number of primary amides is 1. The van der Waals surface area contributed by atoms with E-state index >= 15 is 0 Å². The number of benzene rings is 2. The van der Waals surface area contributed by atoms with Crippen molar-refractivity contribution in [2.75, 3.05) is 26.2 Å². The maximum absolute atomic E-state index is 12.6. The molecule has 1 aliphatic rings. The smallest absolute Gasteiger partial charge is 0.314 e. The summed E-state index contributed by atoms with van der Waals surface area (Å²) in [6.45, 7) is 5.29. The SMILES string of the molecule is CCn1c2ccccc2c2cc(C=CC(=O)N3CCCN(C(N)=O)CC3)ccc21. The van der Waals surface area contributed by atoms with E-state index in [0.29, 0.717) is 26.2 Å². The van der Waals surface area contributed by atoms with Crippen LogP contribution in [-0.2, 0) is 11.3 Å². The van der Waals surface area contributed by atoms with E-state index in [9.17, 15) is 9.59 Å². The number of nitrogens with zero attached hydrogens (tertiary/aromatic N) is 3. The van der Waals surface area contributed by atoms with Crippen LogP contribution in [0, 0.1) is 0 Å². The Morgan fingerprint density at radius 1 is 0.966 bits per heavy atom. The van der Waals surface area contributed by atoms with Crippen LogP contribution in [0.1, 0.15) is 18.9 Å². The van der Waals surface area contributed by atoms with Gasteiger partial charge >= 0.3 is 6.03 Å². The fourth-order valence-electron chi connectivity index (χ4n) is 4.15. The zero-order valence-corrected chi connectivity index (χ0v) is 16.7. The van der Waals surface area contributed by atoms with Crippen LogP contribution in [-0.4, -0.2) is 52.5 Å². The van der Waals surface area contributed by atoms with Crippen LogP contribution >= 0.6 is 0 Å². The number of rotatable bonds is 3. The average Bonchev–Trinajstić information content (AvgIpc) is 2.87. The number of amides is 3. The quantitative estimate of drug-likeness (QED) is 0.696. The van der Waals surface area contributed by atoms with Crippen LogP contribution in [0.4, 0.5) is 4.79 Å². The molecular weight excluding hydrogens is 364 g/mol. The van der Waals surface area contributed by atoms with Gasteiger partial charge in [0, 0.05) is 60.6 Å². The summed E-state index contributed by atoms with van der Waals surface area (Å²) in [6.07, 6.45) is 4.24. The molecule has 1 saturated heterocycles. The Labute approximate surface area is 170 Å². The van der Waals surface area contributed by atoms with Crippen molar-refractivity contribution in [1.82, 2.24) is 14.4 Å². The zero-order valence-electron chi connectivity index (χ0n) is 16.7. The average molecular weight is 390 g/mol. The Morgan fingerprint density at radius 3 is 2.48 bits per heavy atom. The van der Waals surface area contributed by atoms with Gasteiger partial charge < -0.3 is 20.1 Å². The number of hydrogen-bond donors (Lipinski definition) is 1. The van der Waals surface area contributed by atoms with Crippen LogP contribution in [0.3, 0.4) is 0 Å². The molecule has 0 spiro atoms. The minimum absolute atomic E-state index is 0.0348. The Hall–Kier alpha value is -3.28. The van der Waals surface area contributed by atoms with Crippen molar-refractivity contribution >= 4 is 39.8 Å². The first-order valence-electron chi connectivity index (χ1n) is 10.1. The summed E-state index contributed by atoms with van der Waals surface area (Å²) in [5.74, 6) is -0.0348. The molecule has 6 nitrogen and oxygen atoms in total. The number of para-hydroxylation sites is 1. The van der Waals surface area contributed by atoms with Gasteiger partial charge in [0.05, 0.1) is 0 Å². The Kier molecular flexibility index (Phi) is 5.25. The van der Waals surface area contributed by atoms with Crippen molar-refractivity contribution in [2.24, 2.45) is 5.73 Å². The van der Waals surface area contributed by atoms with Gasteiger partial charge in [-0.15, -0.1) is 0 Å². The van der Waals surface area contributed by atoms with Crippen LogP contribution in [0.2, 0.25) is 0 Å². The standard InChI is InChI=1S/C23H26N4O2/c1-2-27-20-7-4-3-6-18(20)19-16-17(8-10-21(19)27)9-11-22(28)25-12-5-13-26(15-14-25)23(24)29/h3-4,6-11,16H,2,5,12-15H2,1H3,(H2,24,29). The molecule has 0 radical (unpaired) electrons. The molecule has 1 aliphatic heterocycles. The lowest BCUT2D eigenvalue weighted by molar-refractivity contribution is -0.125. The molecule has 2 N–H and O–H groups in total. The van der Waals surface area contributed by atoms with Crippen molar-refractivity contribution in [1.29, 1.82) is 0 Å². The number of aryl methyl sites for hydroxylation is 1. The number of carbonyl (C=O) groups is 2. The molecule has 0 bridgehead atoms. The summed E-state index contributed by atoms with van der Waals surface area (Å²) >= 11 is 0. The normalized spacial score (nSPS) is 15.3. The molecule has 150 valence electrons. The molecule has 29 heavy (non-hydrogen) atoms. The highest BCUT2D eigenvalue weighted by atomic mass is 16.2. The van der Waals surface area contributed by atoms with Crippen molar-refractivity contribution in [2.45, 2.75) is 19.9 Å². The molecule has 3 amide bonds. The molecule has 0 unspecified atom stereocenters. The van der Waals surface area contributed by atoms with E-state index in [1.54, 1.807) is 15.9 Å². The lowest BCUT2D eigenvalue weighted by Crippen LogP contribution is -2.39. The highest BCUT2D eigenvalue weighted by Gasteiger charge is 2.19. The highest BCUT2D eigenvalue weighted by Crippen LogP contribution is 2.30. The van der Waals surface area contributed by atoms with Gasteiger partial charge in [-0.25, -0.2) is 4.79 Å². The predicted molar refractivity (Wildman–Crippen MR) is 117 cm³/mol. The topological polar surface area (TPSA) is 71.6 Å². The number of urea groups is 1. The van der Waals surface area contributed by atoms with Gasteiger partial charge in [-0.2, -0.15) is 0 Å². The van der Waals surface area contributed by atoms with E-state index in [4.69, 9.17) is 5.73 Å². The molecular formula is C23H26N4O2. The second-order valence-electron chi connectivity index (χ2n) is 7.38. The highest BCUT2D eigenvalue weighted by molar-refractivity contribution is 6.08. The summed E-state index contributed by atoms with van der Waals surface area (Å²) in [5.41, 5.74) is 8.79. The first-order chi connectivity index (χ1) is 14.1. The summed E-state index contributed by atoms with van der Waals surface area (Å²) in [5, 5.41) is 2.42. The van der Waals surface area contributed by atoms with Crippen LogP contribution in [0.5, 0.6) is 0 Å². The van der Waals surface area contributed by atoms with Gasteiger partial charge in [0.15, 0.2) is 0 Å². The first kappa shape index (κ1) is 19.1. The maximum atomic E-state index is 12.6. The number of carbonyl (C=O) groups excluding carboxylic acids is 2. The molecule has 6 heteroatoms. The molecule has 3 aromatic rings. The van der Waals surface area contributed by atoms with E-state index in [1.807, 2.05) is 6.08 Å². The van der Waals surface area contributed by atoms with Gasteiger partial charge in [0.1, 0.15) is 0 Å². The lowest BCUT2D eigenvalue weighted by Gasteiger charge is -2.19. The first-order valence-corrected chi connectivity index (χ1v) is 10.1. The summed E-state index contributed by atoms with van der Waals surface area (Å²) in [7, 11) is 0. The summed E-state index contributed by atoms with van der Waals surface area (Å²) in [6, 6.07) is 14.3. The minimum atomic E-state index is -0.422. The Bertz CT molecular complexity index is 1100. The van der Waals surface area contributed by atoms with Gasteiger partial charge in [-0.3, -0.25) is 4.79 Å². The van der Waals surface area contributed by atoms with E-state index in [1.165, 1.54) is 21.8 Å². The molecule has 4 rings (SSSR count). The summed E-state index contributed by atoms with van der Waals surface area (Å²) in [4.78, 5) is 27.3. The Balaban J connectivity index is 1.56. The third-order valence-electron chi connectivity index (χ3n) is 5.65. The third-order valence-corrected chi connectivity index (χ3v) is 5.65. The number of fused-ring (bicyclic) bond motifs is 3. The van der Waals surface area contributed by atoms with Crippen molar-refractivity contribution in [3.8, 4) is 0 Å². The largest absolute Gasteiger partial charge is 0.351 e. The molecule has 1 aromatic heterocycles. The maximum Gasteiger partial charge on any atom is 0.314 e. The summed E-state index contributed by atoms with van der Waals surface area (Å²) < 4.78 is 2.31. The van der Waals surface area contributed by atoms with E-state index in [2.05, 4.69) is 54.0 Å². The lowest BCUT2D eigenvalue weighted by atomic mass is 10.1. The van der Waals surface area contributed by atoms with Crippen LogP contribution in [0.25, 0.3) is 27.9 Å². The zero-order chi connectivity index (χ0) is 20.4. The molecule has 0 atom stereocenters. The molecule has 0 saturated carbocycles. The fraction of sp³-hybridized carbons (Fsp3) is 0.304. The predicted octanol–water partition coefficient (Wildman–Crippen LogP) is 3.44. The van der Waals surface area contributed by atoms with Gasteiger partial charge in [0.25, 0.3) is 0 Å². The van der Waals surface area contributed by atoms with Gasteiger partial charge in [0.2, 0.25) is 5.91 Å². The van der Waals surface area contributed by atoms with Crippen LogP contribution < -0.4 is 5.73 Å². The Morgan fingerprint density at radius 2 is 1.69 bits per heavy atom. The fourth-order valence-corrected chi connectivity index (χ4v) is 4.15. The number of hydrogen-bond acceptors (Lipinski definition) is 2. The number of aromatic nitrogens is 1. The van der Waals surface area contributed by atoms with E-state index < -0.39 is 6.03 Å². The van der Waals surface area contributed by atoms with Gasteiger partial charge in [-0.1, -0.05) is 24.3 Å². The van der Waals surface area contributed by atoms with Crippen molar-refractivity contribution in [3.63, 3.8) is 0 Å².